The molecular weight excluding hydrogens is 294 g/mol. The van der Waals surface area contributed by atoms with Gasteiger partial charge in [0.15, 0.2) is 0 Å². The van der Waals surface area contributed by atoms with Crippen LogP contribution in [0.3, 0.4) is 0 Å². The molecule has 1 saturated heterocycles. The number of hydrogen-bond donors (Lipinski definition) is 1. The first-order valence-corrected chi connectivity index (χ1v) is 7.68. The predicted octanol–water partition coefficient (Wildman–Crippen LogP) is 0.865. The van der Waals surface area contributed by atoms with Crippen molar-refractivity contribution in [3.05, 3.63) is 42.5 Å². The van der Waals surface area contributed by atoms with Gasteiger partial charge in [0, 0.05) is 43.2 Å². The fraction of sp³-hybridized carbons (Fsp3) is 0.375. The van der Waals surface area contributed by atoms with Gasteiger partial charge in [-0.25, -0.2) is 0 Å². The van der Waals surface area contributed by atoms with Crippen LogP contribution < -0.4 is 5.32 Å². The Kier molecular flexibility index (Phi) is 4.36. The van der Waals surface area contributed by atoms with Crippen LogP contribution in [0.5, 0.6) is 0 Å². The van der Waals surface area contributed by atoms with E-state index in [1.165, 1.54) is 0 Å². The van der Waals surface area contributed by atoms with E-state index in [0.29, 0.717) is 18.5 Å². The molecule has 1 aromatic heterocycles. The molecule has 120 valence electrons. The van der Waals surface area contributed by atoms with E-state index in [2.05, 4.69) is 15.5 Å². The molecule has 2 amide bonds. The number of nitrogens with zero attached hydrogens (tertiary/aromatic N) is 4. The first-order valence-electron chi connectivity index (χ1n) is 7.68. The average Bonchev–Trinajstić information content (AvgIpc) is 3.22. The van der Waals surface area contributed by atoms with Gasteiger partial charge in [-0.3, -0.25) is 14.2 Å². The van der Waals surface area contributed by atoms with Gasteiger partial charge >= 0.3 is 0 Å². The van der Waals surface area contributed by atoms with Gasteiger partial charge in [0.25, 0.3) is 5.91 Å². The van der Waals surface area contributed by atoms with Crippen molar-refractivity contribution >= 4 is 11.8 Å². The fourth-order valence-electron chi connectivity index (χ4n) is 2.78. The lowest BCUT2D eigenvalue weighted by molar-refractivity contribution is -0.127. The molecule has 3 rings (SSSR count). The molecule has 0 saturated carbocycles. The first kappa shape index (κ1) is 15.2. The minimum Gasteiger partial charge on any atom is -0.352 e. The van der Waals surface area contributed by atoms with Gasteiger partial charge in [-0.05, 0) is 25.1 Å². The third-order valence-corrected chi connectivity index (χ3v) is 4.05. The van der Waals surface area contributed by atoms with E-state index in [1.807, 2.05) is 24.0 Å². The molecular formula is C16H19N5O2. The highest BCUT2D eigenvalue weighted by molar-refractivity contribution is 5.94. The van der Waals surface area contributed by atoms with Crippen molar-refractivity contribution in [2.24, 2.45) is 5.92 Å². The Labute approximate surface area is 134 Å². The predicted molar refractivity (Wildman–Crippen MR) is 84.1 cm³/mol. The second-order valence-corrected chi connectivity index (χ2v) is 5.63. The Morgan fingerprint density at radius 2 is 2.13 bits per heavy atom. The SMILES string of the molecule is CCN1CC(CNC(=O)c2cccc(-n3cnnc3)c2)CC1=O. The third-order valence-electron chi connectivity index (χ3n) is 4.05. The van der Waals surface area contributed by atoms with Crippen molar-refractivity contribution in [2.75, 3.05) is 19.6 Å². The topological polar surface area (TPSA) is 80.1 Å². The van der Waals surface area contributed by atoms with Crippen LogP contribution >= 0.6 is 0 Å². The maximum Gasteiger partial charge on any atom is 0.251 e. The van der Waals surface area contributed by atoms with Gasteiger partial charge in [-0.1, -0.05) is 6.07 Å². The van der Waals surface area contributed by atoms with Crippen LogP contribution in [0.15, 0.2) is 36.9 Å². The molecule has 2 aromatic rings. The van der Waals surface area contributed by atoms with E-state index in [1.54, 1.807) is 29.4 Å². The summed E-state index contributed by atoms with van der Waals surface area (Å²) in [5, 5.41) is 10.4. The Bertz CT molecular complexity index is 698. The summed E-state index contributed by atoms with van der Waals surface area (Å²) in [5.74, 6) is 0.219. The second kappa shape index (κ2) is 6.60. The van der Waals surface area contributed by atoms with Crippen LogP contribution in [0.25, 0.3) is 5.69 Å². The van der Waals surface area contributed by atoms with Crippen LogP contribution in [0.2, 0.25) is 0 Å². The zero-order chi connectivity index (χ0) is 16.2. The molecule has 2 heterocycles. The number of rotatable bonds is 5. The largest absolute Gasteiger partial charge is 0.352 e. The molecule has 0 spiro atoms. The van der Waals surface area contributed by atoms with Crippen LogP contribution in [0.4, 0.5) is 0 Å². The highest BCUT2D eigenvalue weighted by Gasteiger charge is 2.28. The van der Waals surface area contributed by atoms with Crippen molar-refractivity contribution in [3.63, 3.8) is 0 Å². The summed E-state index contributed by atoms with van der Waals surface area (Å²) in [6.45, 7) is 3.92. The van der Waals surface area contributed by atoms with E-state index in [9.17, 15) is 9.59 Å². The molecule has 1 fully saturated rings. The Hall–Kier alpha value is -2.70. The summed E-state index contributed by atoms with van der Waals surface area (Å²) >= 11 is 0. The number of hydrogen-bond acceptors (Lipinski definition) is 4. The van der Waals surface area contributed by atoms with Crippen molar-refractivity contribution in [3.8, 4) is 5.69 Å². The second-order valence-electron chi connectivity index (χ2n) is 5.63. The molecule has 1 N–H and O–H groups in total. The number of likely N-dealkylation sites (tertiary alicyclic amines) is 1. The molecule has 1 unspecified atom stereocenters. The maximum atomic E-state index is 12.3. The lowest BCUT2D eigenvalue weighted by Crippen LogP contribution is -2.31. The Morgan fingerprint density at radius 1 is 1.35 bits per heavy atom. The van der Waals surface area contributed by atoms with Crippen molar-refractivity contribution < 1.29 is 9.59 Å². The Morgan fingerprint density at radius 3 is 2.83 bits per heavy atom. The van der Waals surface area contributed by atoms with Gasteiger partial charge in [-0.2, -0.15) is 0 Å². The van der Waals surface area contributed by atoms with Crippen LogP contribution in [0.1, 0.15) is 23.7 Å². The van der Waals surface area contributed by atoms with Crippen LogP contribution in [0, 0.1) is 5.92 Å². The summed E-state index contributed by atoms with van der Waals surface area (Å²) in [5.41, 5.74) is 1.41. The highest BCUT2D eigenvalue weighted by Crippen LogP contribution is 2.16. The van der Waals surface area contributed by atoms with E-state index >= 15 is 0 Å². The Balaban J connectivity index is 1.61. The summed E-state index contributed by atoms with van der Waals surface area (Å²) in [6.07, 6.45) is 3.68. The van der Waals surface area contributed by atoms with Crippen LogP contribution in [-0.2, 0) is 4.79 Å². The minimum atomic E-state index is -0.137. The molecule has 7 nitrogen and oxygen atoms in total. The number of amides is 2. The molecule has 1 aromatic carbocycles. The van der Waals surface area contributed by atoms with Gasteiger partial charge in [-0.15, -0.1) is 10.2 Å². The molecule has 1 atom stereocenters. The molecule has 0 bridgehead atoms. The summed E-state index contributed by atoms with van der Waals surface area (Å²) < 4.78 is 1.74. The lowest BCUT2D eigenvalue weighted by Gasteiger charge is -2.14. The molecule has 1 aliphatic rings. The molecule has 0 aliphatic carbocycles. The van der Waals surface area contributed by atoms with Crippen molar-refractivity contribution in [2.45, 2.75) is 13.3 Å². The monoisotopic (exact) mass is 313 g/mol. The molecule has 7 heteroatoms. The van der Waals surface area contributed by atoms with E-state index < -0.39 is 0 Å². The fourth-order valence-corrected chi connectivity index (χ4v) is 2.78. The third kappa shape index (κ3) is 3.39. The summed E-state index contributed by atoms with van der Waals surface area (Å²) in [6, 6.07) is 7.26. The molecule has 1 aliphatic heterocycles. The minimum absolute atomic E-state index is 0.137. The number of carbonyl (C=O) groups excluding carboxylic acids is 2. The highest BCUT2D eigenvalue weighted by atomic mass is 16.2. The molecule has 0 radical (unpaired) electrons. The summed E-state index contributed by atoms with van der Waals surface area (Å²) in [4.78, 5) is 25.8. The normalized spacial score (nSPS) is 17.5. The average molecular weight is 313 g/mol. The van der Waals surface area contributed by atoms with Gasteiger partial charge in [0.2, 0.25) is 5.91 Å². The lowest BCUT2D eigenvalue weighted by atomic mass is 10.1. The van der Waals surface area contributed by atoms with E-state index in [4.69, 9.17) is 0 Å². The first-order chi connectivity index (χ1) is 11.2. The van der Waals surface area contributed by atoms with E-state index in [0.717, 1.165) is 18.8 Å². The maximum absolute atomic E-state index is 12.3. The van der Waals surface area contributed by atoms with Crippen molar-refractivity contribution in [1.29, 1.82) is 0 Å². The molecule has 23 heavy (non-hydrogen) atoms. The van der Waals surface area contributed by atoms with Gasteiger partial charge in [0.1, 0.15) is 12.7 Å². The zero-order valence-corrected chi connectivity index (χ0v) is 13.0. The zero-order valence-electron chi connectivity index (χ0n) is 13.0. The van der Waals surface area contributed by atoms with Crippen LogP contribution in [-0.4, -0.2) is 51.1 Å². The van der Waals surface area contributed by atoms with Gasteiger partial charge < -0.3 is 10.2 Å². The van der Waals surface area contributed by atoms with Gasteiger partial charge in [0.05, 0.1) is 0 Å². The van der Waals surface area contributed by atoms with E-state index in [-0.39, 0.29) is 17.7 Å². The quantitative estimate of drug-likeness (QED) is 0.888. The standard InChI is InChI=1S/C16H19N5O2/c1-2-20-9-12(6-15(20)22)8-17-16(23)13-4-3-5-14(7-13)21-10-18-19-11-21/h3-5,7,10-12H,2,6,8-9H2,1H3,(H,17,23). The summed E-state index contributed by atoms with van der Waals surface area (Å²) in [7, 11) is 0. The number of carbonyl (C=O) groups is 2. The number of nitrogens with one attached hydrogen (secondary N) is 1. The number of benzene rings is 1. The van der Waals surface area contributed by atoms with Crippen molar-refractivity contribution in [1.82, 2.24) is 25.0 Å². The number of aromatic nitrogens is 3. The smallest absolute Gasteiger partial charge is 0.251 e.